The Morgan fingerprint density at radius 3 is 2.19 bits per heavy atom. The maximum atomic E-state index is 12.9. The summed E-state index contributed by atoms with van der Waals surface area (Å²) in [5.41, 5.74) is 1.09. The average Bonchev–Trinajstić information content (AvgIpc) is 2.63. The van der Waals surface area contributed by atoms with Crippen molar-refractivity contribution in [1.82, 2.24) is 9.62 Å². The Morgan fingerprint density at radius 1 is 1.04 bits per heavy atom. The van der Waals surface area contributed by atoms with Gasteiger partial charge in [0.1, 0.15) is 6.04 Å². The molecular formula is C19H23ClN2O3S. The molecule has 0 saturated carbocycles. The van der Waals surface area contributed by atoms with Gasteiger partial charge in [-0.25, -0.2) is 8.42 Å². The van der Waals surface area contributed by atoms with Crippen molar-refractivity contribution in [2.24, 2.45) is 0 Å². The van der Waals surface area contributed by atoms with Crippen molar-refractivity contribution in [1.29, 1.82) is 0 Å². The summed E-state index contributed by atoms with van der Waals surface area (Å²) >= 11 is 6.07. The molecule has 2 aromatic carbocycles. The summed E-state index contributed by atoms with van der Waals surface area (Å²) in [6.07, 6.45) is 0. The zero-order valence-corrected chi connectivity index (χ0v) is 16.4. The highest BCUT2D eigenvalue weighted by Crippen LogP contribution is 2.21. The molecule has 0 fully saturated rings. The van der Waals surface area contributed by atoms with Crippen molar-refractivity contribution < 1.29 is 13.2 Å². The second-order valence-corrected chi connectivity index (χ2v) is 7.98. The van der Waals surface area contributed by atoms with Gasteiger partial charge in [0.25, 0.3) is 0 Å². The fourth-order valence-corrected chi connectivity index (χ4v) is 4.29. The van der Waals surface area contributed by atoms with Crippen LogP contribution in [-0.4, -0.2) is 32.3 Å². The smallest absolute Gasteiger partial charge is 0.245 e. The van der Waals surface area contributed by atoms with E-state index >= 15 is 0 Å². The summed E-state index contributed by atoms with van der Waals surface area (Å²) in [7, 11) is -3.78. The predicted octanol–water partition coefficient (Wildman–Crippen LogP) is 3.37. The molecule has 1 N–H and O–H groups in total. The first-order valence-electron chi connectivity index (χ1n) is 8.45. The van der Waals surface area contributed by atoms with Crippen molar-refractivity contribution in [3.8, 4) is 0 Å². The number of sulfonamides is 1. The van der Waals surface area contributed by atoms with Crippen molar-refractivity contribution in [3.63, 3.8) is 0 Å². The molecule has 140 valence electrons. The maximum Gasteiger partial charge on any atom is 0.245 e. The standard InChI is InChI=1S/C19H23ClN2O3S/c1-3-22(4-2)19(23)18(15-10-6-5-7-11-15)21-26(24,25)14-16-12-8-9-13-17(16)20/h5-13,18,21H,3-4,14H2,1-2H3/t18-/m0/s1. The van der Waals surface area contributed by atoms with Crippen LogP contribution in [0.15, 0.2) is 54.6 Å². The van der Waals surface area contributed by atoms with Gasteiger partial charge in [0.15, 0.2) is 0 Å². The summed E-state index contributed by atoms with van der Waals surface area (Å²) in [6, 6.07) is 14.7. The first kappa shape index (κ1) is 20.4. The minimum atomic E-state index is -3.78. The molecule has 0 heterocycles. The quantitative estimate of drug-likeness (QED) is 0.746. The highest BCUT2D eigenvalue weighted by Gasteiger charge is 2.29. The predicted molar refractivity (Wildman–Crippen MR) is 104 cm³/mol. The minimum absolute atomic E-state index is 0.274. The fraction of sp³-hybridized carbons (Fsp3) is 0.316. The molecule has 0 saturated heterocycles. The number of likely N-dealkylation sites (N-methyl/N-ethyl adjacent to an activating group) is 1. The Hall–Kier alpha value is -1.89. The molecule has 2 aromatic rings. The Kier molecular flexibility index (Phi) is 7.20. The third-order valence-electron chi connectivity index (χ3n) is 4.06. The molecule has 0 spiro atoms. The summed E-state index contributed by atoms with van der Waals surface area (Å²) in [5, 5.41) is 0.379. The topological polar surface area (TPSA) is 66.5 Å². The lowest BCUT2D eigenvalue weighted by atomic mass is 10.1. The lowest BCUT2D eigenvalue weighted by molar-refractivity contribution is -0.132. The molecule has 26 heavy (non-hydrogen) atoms. The molecule has 2 rings (SSSR count). The average molecular weight is 395 g/mol. The number of hydrogen-bond donors (Lipinski definition) is 1. The van der Waals surface area contributed by atoms with Gasteiger partial charge in [0.2, 0.25) is 15.9 Å². The van der Waals surface area contributed by atoms with Gasteiger partial charge in [0, 0.05) is 18.1 Å². The number of amides is 1. The number of benzene rings is 2. The zero-order valence-electron chi connectivity index (χ0n) is 14.9. The molecule has 0 aromatic heterocycles. The van der Waals surface area contributed by atoms with Gasteiger partial charge < -0.3 is 4.90 Å². The molecule has 0 aliphatic carbocycles. The number of halogens is 1. The lowest BCUT2D eigenvalue weighted by Crippen LogP contribution is -2.43. The maximum absolute atomic E-state index is 12.9. The second-order valence-electron chi connectivity index (χ2n) is 5.82. The molecule has 0 bridgehead atoms. The normalized spacial score (nSPS) is 12.6. The van der Waals surface area contributed by atoms with Gasteiger partial charge in [-0.3, -0.25) is 4.79 Å². The van der Waals surface area contributed by atoms with Crippen LogP contribution in [0.1, 0.15) is 31.0 Å². The number of rotatable bonds is 8. The van der Waals surface area contributed by atoms with Crippen LogP contribution < -0.4 is 4.72 Å². The van der Waals surface area contributed by atoms with Crippen molar-refractivity contribution in [2.45, 2.75) is 25.6 Å². The highest BCUT2D eigenvalue weighted by atomic mass is 35.5. The number of nitrogens with zero attached hydrogens (tertiary/aromatic N) is 1. The molecular weight excluding hydrogens is 372 g/mol. The van der Waals surface area contributed by atoms with Crippen LogP contribution >= 0.6 is 11.6 Å². The SMILES string of the molecule is CCN(CC)C(=O)[C@@H](NS(=O)(=O)Cc1ccccc1Cl)c1ccccc1. The Labute approximate surface area is 160 Å². The van der Waals surface area contributed by atoms with Gasteiger partial charge in [-0.05, 0) is 31.0 Å². The largest absolute Gasteiger partial charge is 0.342 e. The van der Waals surface area contributed by atoms with E-state index in [-0.39, 0.29) is 11.7 Å². The van der Waals surface area contributed by atoms with Gasteiger partial charge in [0.05, 0.1) is 5.75 Å². The third kappa shape index (κ3) is 5.30. The van der Waals surface area contributed by atoms with Crippen LogP contribution in [0, 0.1) is 0 Å². The monoisotopic (exact) mass is 394 g/mol. The molecule has 5 nitrogen and oxygen atoms in total. The number of carbonyl (C=O) groups is 1. The Balaban J connectivity index is 2.31. The number of hydrogen-bond acceptors (Lipinski definition) is 3. The first-order chi connectivity index (χ1) is 12.4. The molecule has 0 unspecified atom stereocenters. The summed E-state index contributed by atoms with van der Waals surface area (Å²) in [5.74, 6) is -0.564. The van der Waals surface area contributed by atoms with Gasteiger partial charge >= 0.3 is 0 Å². The van der Waals surface area contributed by atoms with E-state index in [1.54, 1.807) is 53.4 Å². The van der Waals surface area contributed by atoms with Gasteiger partial charge in [-0.2, -0.15) is 4.72 Å². The highest BCUT2D eigenvalue weighted by molar-refractivity contribution is 7.88. The van der Waals surface area contributed by atoms with Crippen molar-refractivity contribution in [2.75, 3.05) is 13.1 Å². The number of carbonyl (C=O) groups excluding carboxylic acids is 1. The van der Waals surface area contributed by atoms with E-state index in [0.717, 1.165) is 0 Å². The van der Waals surface area contributed by atoms with Crippen LogP contribution in [0.4, 0.5) is 0 Å². The second kappa shape index (κ2) is 9.16. The third-order valence-corrected chi connectivity index (χ3v) is 5.71. The van der Waals surface area contributed by atoms with E-state index in [9.17, 15) is 13.2 Å². The van der Waals surface area contributed by atoms with Crippen LogP contribution in [0.5, 0.6) is 0 Å². The number of nitrogens with one attached hydrogen (secondary N) is 1. The minimum Gasteiger partial charge on any atom is -0.342 e. The lowest BCUT2D eigenvalue weighted by Gasteiger charge is -2.26. The van der Waals surface area contributed by atoms with Crippen LogP contribution in [-0.2, 0) is 20.6 Å². The molecule has 1 amide bonds. The fourth-order valence-electron chi connectivity index (χ4n) is 2.67. The van der Waals surface area contributed by atoms with Crippen LogP contribution in [0.25, 0.3) is 0 Å². The van der Waals surface area contributed by atoms with Crippen molar-refractivity contribution in [3.05, 3.63) is 70.7 Å². The van der Waals surface area contributed by atoms with E-state index < -0.39 is 16.1 Å². The van der Waals surface area contributed by atoms with Crippen LogP contribution in [0.3, 0.4) is 0 Å². The molecule has 7 heteroatoms. The summed E-state index contributed by atoms with van der Waals surface area (Å²) in [6.45, 7) is 4.74. The molecule has 1 atom stereocenters. The summed E-state index contributed by atoms with van der Waals surface area (Å²) < 4.78 is 28.0. The van der Waals surface area contributed by atoms with E-state index in [2.05, 4.69) is 4.72 Å². The van der Waals surface area contributed by atoms with E-state index in [4.69, 9.17) is 11.6 Å². The van der Waals surface area contributed by atoms with E-state index in [1.165, 1.54) is 0 Å². The first-order valence-corrected chi connectivity index (χ1v) is 10.5. The van der Waals surface area contributed by atoms with Crippen molar-refractivity contribution >= 4 is 27.5 Å². The zero-order chi connectivity index (χ0) is 19.2. The van der Waals surface area contributed by atoms with Crippen LogP contribution in [0.2, 0.25) is 5.02 Å². The Morgan fingerprint density at radius 2 is 1.62 bits per heavy atom. The van der Waals surface area contributed by atoms with E-state index in [0.29, 0.717) is 29.2 Å². The Bertz CT molecular complexity index is 837. The van der Waals surface area contributed by atoms with E-state index in [1.807, 2.05) is 19.9 Å². The molecule has 0 aliphatic rings. The molecule has 0 radical (unpaired) electrons. The molecule has 0 aliphatic heterocycles. The summed E-state index contributed by atoms with van der Waals surface area (Å²) in [4.78, 5) is 14.5. The van der Waals surface area contributed by atoms with Gasteiger partial charge in [-0.1, -0.05) is 60.1 Å². The van der Waals surface area contributed by atoms with Gasteiger partial charge in [-0.15, -0.1) is 0 Å².